The number of rotatable bonds is 8. The average Bonchev–Trinajstić information content (AvgIpc) is 2.45. The van der Waals surface area contributed by atoms with Crippen LogP contribution in [0.1, 0.15) is 44.6 Å². The molecule has 20 heavy (non-hydrogen) atoms. The smallest absolute Gasteiger partial charge is 0.224 e. The highest BCUT2D eigenvalue weighted by molar-refractivity contribution is 5.90. The number of carbonyl (C=O) groups excluding carboxylic acids is 1. The van der Waals surface area contributed by atoms with E-state index in [1.165, 1.54) is 12.8 Å². The van der Waals surface area contributed by atoms with Gasteiger partial charge in [-0.05, 0) is 24.1 Å². The van der Waals surface area contributed by atoms with Crippen molar-refractivity contribution in [1.82, 2.24) is 0 Å². The van der Waals surface area contributed by atoms with Crippen LogP contribution in [-0.4, -0.2) is 17.0 Å². The maximum absolute atomic E-state index is 11.7. The number of nitrogens with two attached hydrogens (primary N) is 1. The Labute approximate surface area is 119 Å². The van der Waals surface area contributed by atoms with Gasteiger partial charge in [-0.15, -0.1) is 0 Å². The summed E-state index contributed by atoms with van der Waals surface area (Å²) in [4.78, 5) is 11.7. The van der Waals surface area contributed by atoms with Crippen molar-refractivity contribution in [1.29, 1.82) is 0 Å². The Hall–Kier alpha value is -2.04. The molecule has 1 amide bonds. The fourth-order valence-corrected chi connectivity index (χ4v) is 1.89. The van der Waals surface area contributed by atoms with Gasteiger partial charge in [0.1, 0.15) is 5.84 Å². The number of hydrogen-bond acceptors (Lipinski definition) is 3. The van der Waals surface area contributed by atoms with Crippen molar-refractivity contribution in [2.75, 3.05) is 5.32 Å². The highest BCUT2D eigenvalue weighted by Crippen LogP contribution is 2.11. The van der Waals surface area contributed by atoms with E-state index in [0.717, 1.165) is 24.1 Å². The summed E-state index contributed by atoms with van der Waals surface area (Å²) in [5.74, 6) is 0.211. The molecular formula is C15H23N3O2. The van der Waals surface area contributed by atoms with Crippen LogP contribution in [-0.2, 0) is 11.2 Å². The number of amidine groups is 1. The van der Waals surface area contributed by atoms with Gasteiger partial charge in [-0.2, -0.15) is 0 Å². The van der Waals surface area contributed by atoms with Gasteiger partial charge in [-0.1, -0.05) is 43.5 Å². The van der Waals surface area contributed by atoms with E-state index in [0.29, 0.717) is 12.8 Å². The largest absolute Gasteiger partial charge is 0.409 e. The van der Waals surface area contributed by atoms with E-state index < -0.39 is 0 Å². The van der Waals surface area contributed by atoms with Crippen molar-refractivity contribution in [2.45, 2.75) is 45.4 Å². The van der Waals surface area contributed by atoms with E-state index in [2.05, 4.69) is 17.4 Å². The van der Waals surface area contributed by atoms with Crippen LogP contribution in [0, 0.1) is 0 Å². The fourth-order valence-electron chi connectivity index (χ4n) is 1.89. The number of hydrogen-bond donors (Lipinski definition) is 3. The Morgan fingerprint density at radius 2 is 1.95 bits per heavy atom. The zero-order chi connectivity index (χ0) is 14.8. The van der Waals surface area contributed by atoms with E-state index >= 15 is 0 Å². The zero-order valence-electron chi connectivity index (χ0n) is 11.9. The lowest BCUT2D eigenvalue weighted by molar-refractivity contribution is -0.116. The maximum atomic E-state index is 11.7. The standard InChI is InChI=1S/C15H23N3O2/c1-2-3-4-5-6-15(19)17-13-9-7-12(8-10-13)11-14(16)18-20/h7-10,20H,2-6,11H2,1H3,(H2,16,18)(H,17,19). The first-order chi connectivity index (χ1) is 9.65. The summed E-state index contributed by atoms with van der Waals surface area (Å²) in [5.41, 5.74) is 7.14. The summed E-state index contributed by atoms with van der Waals surface area (Å²) in [6.07, 6.45) is 5.33. The predicted molar refractivity (Wildman–Crippen MR) is 80.9 cm³/mol. The molecule has 0 spiro atoms. The van der Waals surface area contributed by atoms with Crippen LogP contribution in [0.3, 0.4) is 0 Å². The van der Waals surface area contributed by atoms with E-state index in [9.17, 15) is 4.79 Å². The van der Waals surface area contributed by atoms with E-state index in [1.807, 2.05) is 24.3 Å². The van der Waals surface area contributed by atoms with E-state index in [4.69, 9.17) is 10.9 Å². The molecule has 0 unspecified atom stereocenters. The second-order valence-corrected chi connectivity index (χ2v) is 4.82. The molecule has 0 aromatic heterocycles. The summed E-state index contributed by atoms with van der Waals surface area (Å²) in [7, 11) is 0. The molecule has 0 aliphatic rings. The molecule has 1 aromatic rings. The molecule has 0 aliphatic heterocycles. The van der Waals surface area contributed by atoms with Crippen LogP contribution in [0.2, 0.25) is 0 Å². The van der Waals surface area contributed by atoms with Gasteiger partial charge in [0.15, 0.2) is 0 Å². The molecule has 0 heterocycles. The Morgan fingerprint density at radius 3 is 2.55 bits per heavy atom. The first kappa shape index (κ1) is 16.0. The van der Waals surface area contributed by atoms with Crippen LogP contribution in [0.15, 0.2) is 29.4 Å². The minimum Gasteiger partial charge on any atom is -0.409 e. The topological polar surface area (TPSA) is 87.7 Å². The third kappa shape index (κ3) is 6.22. The van der Waals surface area contributed by atoms with Crippen molar-refractivity contribution in [3.05, 3.63) is 29.8 Å². The number of nitrogens with zero attached hydrogens (tertiary/aromatic N) is 1. The number of oxime groups is 1. The van der Waals surface area contributed by atoms with Crippen LogP contribution >= 0.6 is 0 Å². The monoisotopic (exact) mass is 277 g/mol. The van der Waals surface area contributed by atoms with Gasteiger partial charge in [0, 0.05) is 18.5 Å². The molecule has 0 atom stereocenters. The van der Waals surface area contributed by atoms with Crippen LogP contribution in [0.5, 0.6) is 0 Å². The van der Waals surface area contributed by atoms with Gasteiger partial charge < -0.3 is 16.3 Å². The summed E-state index contributed by atoms with van der Waals surface area (Å²) < 4.78 is 0. The molecule has 0 saturated carbocycles. The highest BCUT2D eigenvalue weighted by Gasteiger charge is 2.03. The second kappa shape index (κ2) is 8.96. The Morgan fingerprint density at radius 1 is 1.25 bits per heavy atom. The molecule has 0 radical (unpaired) electrons. The summed E-state index contributed by atoms with van der Waals surface area (Å²) >= 11 is 0. The highest BCUT2D eigenvalue weighted by atomic mass is 16.4. The van der Waals surface area contributed by atoms with E-state index in [-0.39, 0.29) is 11.7 Å². The minimum atomic E-state index is 0.0466. The van der Waals surface area contributed by atoms with Gasteiger partial charge in [-0.25, -0.2) is 0 Å². The Kier molecular flexibility index (Phi) is 7.17. The van der Waals surface area contributed by atoms with Gasteiger partial charge in [0.05, 0.1) is 0 Å². The Balaban J connectivity index is 2.39. The number of nitrogens with one attached hydrogen (secondary N) is 1. The molecule has 4 N–H and O–H groups in total. The van der Waals surface area contributed by atoms with Crippen molar-refractivity contribution in [3.8, 4) is 0 Å². The predicted octanol–water partition coefficient (Wildman–Crippen LogP) is 2.88. The summed E-state index contributed by atoms with van der Waals surface area (Å²) in [6.45, 7) is 2.15. The zero-order valence-corrected chi connectivity index (χ0v) is 11.9. The molecule has 1 aromatic carbocycles. The number of anilines is 1. The molecule has 0 aliphatic carbocycles. The van der Waals surface area contributed by atoms with Crippen LogP contribution < -0.4 is 11.1 Å². The maximum Gasteiger partial charge on any atom is 0.224 e. The van der Waals surface area contributed by atoms with Crippen molar-refractivity contribution >= 4 is 17.4 Å². The molecule has 1 rings (SSSR count). The van der Waals surface area contributed by atoms with Gasteiger partial charge >= 0.3 is 0 Å². The van der Waals surface area contributed by atoms with Gasteiger partial charge in [0.2, 0.25) is 5.91 Å². The lowest BCUT2D eigenvalue weighted by atomic mass is 10.1. The number of amides is 1. The lowest BCUT2D eigenvalue weighted by Crippen LogP contribution is -2.15. The number of benzene rings is 1. The Bertz CT molecular complexity index is 441. The van der Waals surface area contributed by atoms with Crippen LogP contribution in [0.25, 0.3) is 0 Å². The molecule has 5 nitrogen and oxygen atoms in total. The van der Waals surface area contributed by atoms with Crippen molar-refractivity contribution in [2.24, 2.45) is 10.9 Å². The average molecular weight is 277 g/mol. The SMILES string of the molecule is CCCCCCC(=O)Nc1ccc(C/C(N)=N/O)cc1. The summed E-state index contributed by atoms with van der Waals surface area (Å²) in [5, 5.41) is 14.3. The molecule has 0 bridgehead atoms. The normalized spacial score (nSPS) is 11.3. The quantitative estimate of drug-likeness (QED) is 0.224. The fraction of sp³-hybridized carbons (Fsp3) is 0.467. The third-order valence-electron chi connectivity index (χ3n) is 3.01. The van der Waals surface area contributed by atoms with Gasteiger partial charge in [-0.3, -0.25) is 4.79 Å². The van der Waals surface area contributed by atoms with E-state index in [1.54, 1.807) is 0 Å². The minimum absolute atomic E-state index is 0.0466. The van der Waals surface area contributed by atoms with Crippen molar-refractivity contribution in [3.63, 3.8) is 0 Å². The molecule has 5 heteroatoms. The van der Waals surface area contributed by atoms with Crippen molar-refractivity contribution < 1.29 is 10.0 Å². The second-order valence-electron chi connectivity index (χ2n) is 4.82. The molecule has 110 valence electrons. The first-order valence-corrected chi connectivity index (χ1v) is 7.01. The first-order valence-electron chi connectivity index (χ1n) is 7.01. The third-order valence-corrected chi connectivity index (χ3v) is 3.01. The van der Waals surface area contributed by atoms with Crippen LogP contribution in [0.4, 0.5) is 5.69 Å². The molecule has 0 fully saturated rings. The lowest BCUT2D eigenvalue weighted by Gasteiger charge is -2.06. The number of unbranched alkanes of at least 4 members (excludes halogenated alkanes) is 3. The summed E-state index contributed by atoms with van der Waals surface area (Å²) in [6, 6.07) is 7.35. The molecular weight excluding hydrogens is 254 g/mol. The number of carbonyl (C=O) groups is 1. The van der Waals surface area contributed by atoms with Gasteiger partial charge in [0.25, 0.3) is 0 Å². The molecule has 0 saturated heterocycles.